The van der Waals surface area contributed by atoms with Crippen molar-refractivity contribution in [1.29, 1.82) is 0 Å². The first kappa shape index (κ1) is 15.5. The molecule has 1 atom stereocenters. The molecule has 5 heteroatoms. The number of halogens is 1. The van der Waals surface area contributed by atoms with Crippen LogP contribution < -0.4 is 5.32 Å². The van der Waals surface area contributed by atoms with E-state index in [4.69, 9.17) is 5.11 Å². The number of aromatic amines is 1. The van der Waals surface area contributed by atoms with E-state index < -0.39 is 0 Å². The summed E-state index contributed by atoms with van der Waals surface area (Å²) < 4.78 is 13.4. The van der Waals surface area contributed by atoms with Crippen LogP contribution >= 0.6 is 0 Å². The van der Waals surface area contributed by atoms with Gasteiger partial charge >= 0.3 is 0 Å². The van der Waals surface area contributed by atoms with Gasteiger partial charge in [0.15, 0.2) is 0 Å². The number of rotatable bonds is 6. The van der Waals surface area contributed by atoms with Gasteiger partial charge in [-0.05, 0) is 50.5 Å². The van der Waals surface area contributed by atoms with Crippen molar-refractivity contribution >= 4 is 16.8 Å². The molecule has 0 saturated heterocycles. The van der Waals surface area contributed by atoms with E-state index in [2.05, 4.69) is 10.3 Å². The fourth-order valence-corrected chi connectivity index (χ4v) is 2.54. The molecule has 2 aromatic rings. The number of nitrogens with one attached hydrogen (secondary N) is 2. The summed E-state index contributed by atoms with van der Waals surface area (Å²) in [6.07, 6.45) is 1.63. The Balaban J connectivity index is 2.10. The second-order valence-corrected chi connectivity index (χ2v) is 5.43. The first-order valence-electron chi connectivity index (χ1n) is 7.18. The molecular formula is C16H21FN2O2. The Morgan fingerprint density at radius 2 is 2.24 bits per heavy atom. The average molecular weight is 292 g/mol. The summed E-state index contributed by atoms with van der Waals surface area (Å²) in [6.45, 7) is 3.92. The lowest BCUT2D eigenvalue weighted by atomic mass is 10.1. The van der Waals surface area contributed by atoms with Crippen molar-refractivity contribution in [3.8, 4) is 0 Å². The van der Waals surface area contributed by atoms with Gasteiger partial charge in [0.1, 0.15) is 5.82 Å². The minimum absolute atomic E-state index is 0.0203. The maximum atomic E-state index is 13.4. The molecule has 1 aromatic carbocycles. The molecule has 0 fully saturated rings. The molecule has 1 aromatic heterocycles. The molecule has 3 N–H and O–H groups in total. The van der Waals surface area contributed by atoms with Gasteiger partial charge in [-0.3, -0.25) is 4.79 Å². The lowest BCUT2D eigenvalue weighted by Gasteiger charge is -2.13. The maximum Gasteiger partial charge on any atom is 0.224 e. The zero-order valence-corrected chi connectivity index (χ0v) is 12.4. The van der Waals surface area contributed by atoms with Gasteiger partial charge in [0.2, 0.25) is 5.91 Å². The number of carbonyl (C=O) groups is 1. The van der Waals surface area contributed by atoms with Crippen molar-refractivity contribution in [1.82, 2.24) is 10.3 Å². The summed E-state index contributed by atoms with van der Waals surface area (Å²) in [5.74, 6) is -0.395. The Kier molecular flexibility index (Phi) is 4.96. The number of hydrogen-bond donors (Lipinski definition) is 3. The molecule has 0 aliphatic carbocycles. The number of H-pyrrole nitrogens is 1. The summed E-state index contributed by atoms with van der Waals surface area (Å²) in [7, 11) is 0. The lowest BCUT2D eigenvalue weighted by Crippen LogP contribution is -2.33. The van der Waals surface area contributed by atoms with E-state index >= 15 is 0 Å². The van der Waals surface area contributed by atoms with E-state index in [9.17, 15) is 9.18 Å². The predicted octanol–water partition coefficient (Wildman–Crippen LogP) is 2.44. The van der Waals surface area contributed by atoms with E-state index in [1.165, 1.54) is 12.1 Å². The number of aryl methyl sites for hydroxylation is 1. The molecule has 0 saturated carbocycles. The van der Waals surface area contributed by atoms with E-state index in [1.54, 1.807) is 6.07 Å². The second-order valence-electron chi connectivity index (χ2n) is 5.43. The molecule has 0 radical (unpaired) electrons. The van der Waals surface area contributed by atoms with Gasteiger partial charge in [-0.15, -0.1) is 0 Å². The Hall–Kier alpha value is -1.88. The van der Waals surface area contributed by atoms with Gasteiger partial charge < -0.3 is 15.4 Å². The fourth-order valence-electron chi connectivity index (χ4n) is 2.54. The monoisotopic (exact) mass is 292 g/mol. The van der Waals surface area contributed by atoms with E-state index in [0.29, 0.717) is 6.42 Å². The van der Waals surface area contributed by atoms with Crippen LogP contribution in [0.3, 0.4) is 0 Å². The van der Waals surface area contributed by atoms with Gasteiger partial charge in [-0.2, -0.15) is 0 Å². The van der Waals surface area contributed by atoms with Gasteiger partial charge in [0, 0.05) is 29.2 Å². The summed E-state index contributed by atoms with van der Waals surface area (Å²) in [5, 5.41) is 12.4. The zero-order valence-electron chi connectivity index (χ0n) is 12.4. The van der Waals surface area contributed by atoms with Crippen LogP contribution in [0.5, 0.6) is 0 Å². The topological polar surface area (TPSA) is 65.1 Å². The van der Waals surface area contributed by atoms with Crippen LogP contribution in [0.1, 0.15) is 31.0 Å². The van der Waals surface area contributed by atoms with E-state index in [-0.39, 0.29) is 30.8 Å². The third-order valence-corrected chi connectivity index (χ3v) is 3.62. The Bertz CT molecular complexity index is 636. The summed E-state index contributed by atoms with van der Waals surface area (Å²) in [6, 6.07) is 4.56. The quantitative estimate of drug-likeness (QED) is 0.765. The molecular weight excluding hydrogens is 271 g/mol. The number of benzene rings is 1. The van der Waals surface area contributed by atoms with Crippen molar-refractivity contribution in [2.45, 2.75) is 39.2 Å². The number of amides is 1. The molecule has 1 amide bonds. The van der Waals surface area contributed by atoms with Crippen molar-refractivity contribution in [3.05, 3.63) is 35.3 Å². The molecule has 1 heterocycles. The first-order chi connectivity index (χ1) is 10.0. The molecule has 0 bridgehead atoms. The highest BCUT2D eigenvalue weighted by Crippen LogP contribution is 2.23. The highest BCUT2D eigenvalue weighted by Gasteiger charge is 2.14. The summed E-state index contributed by atoms with van der Waals surface area (Å²) in [4.78, 5) is 15.3. The number of hydrogen-bond acceptors (Lipinski definition) is 2. The molecule has 21 heavy (non-hydrogen) atoms. The largest absolute Gasteiger partial charge is 0.396 e. The molecule has 0 spiro atoms. The molecule has 2 rings (SSSR count). The number of fused-ring (bicyclic) bond motifs is 1. The number of aliphatic hydroxyl groups excluding tert-OH is 1. The predicted molar refractivity (Wildman–Crippen MR) is 80.6 cm³/mol. The average Bonchev–Trinajstić information content (AvgIpc) is 2.72. The van der Waals surface area contributed by atoms with Crippen molar-refractivity contribution in [3.63, 3.8) is 0 Å². The highest BCUT2D eigenvalue weighted by molar-refractivity contribution is 5.90. The first-order valence-corrected chi connectivity index (χ1v) is 7.18. The van der Waals surface area contributed by atoms with Gasteiger partial charge in [-0.1, -0.05) is 0 Å². The molecule has 4 nitrogen and oxygen atoms in total. The summed E-state index contributed by atoms with van der Waals surface area (Å²) >= 11 is 0. The van der Waals surface area contributed by atoms with Gasteiger partial charge in [-0.25, -0.2) is 4.39 Å². The third-order valence-electron chi connectivity index (χ3n) is 3.62. The van der Waals surface area contributed by atoms with Gasteiger partial charge in [0.25, 0.3) is 0 Å². The van der Waals surface area contributed by atoms with E-state index in [1.807, 2.05) is 13.8 Å². The number of aromatic nitrogens is 1. The molecule has 0 aliphatic rings. The van der Waals surface area contributed by atoms with Gasteiger partial charge in [0.05, 0.1) is 6.42 Å². The standard InChI is InChI=1S/C16H21FN2O2/c1-10(4-3-7-20)18-16(21)9-13-11(2)19-15-6-5-12(17)8-14(13)15/h5-6,8,10,19-20H,3-4,7,9H2,1-2H3,(H,18,21). The minimum atomic E-state index is -0.306. The molecule has 0 aliphatic heterocycles. The number of aliphatic hydroxyl groups is 1. The molecule has 114 valence electrons. The Morgan fingerprint density at radius 1 is 1.48 bits per heavy atom. The van der Waals surface area contributed by atoms with Crippen LogP contribution in [0.15, 0.2) is 18.2 Å². The van der Waals surface area contributed by atoms with Crippen LogP contribution in [0.2, 0.25) is 0 Å². The number of carbonyl (C=O) groups excluding carboxylic acids is 1. The fraction of sp³-hybridized carbons (Fsp3) is 0.438. The third kappa shape index (κ3) is 3.82. The Morgan fingerprint density at radius 3 is 2.95 bits per heavy atom. The van der Waals surface area contributed by atoms with Crippen molar-refractivity contribution in [2.24, 2.45) is 0 Å². The molecule has 1 unspecified atom stereocenters. The SMILES string of the molecule is Cc1[nH]c2ccc(F)cc2c1CC(=O)NC(C)CCCO. The highest BCUT2D eigenvalue weighted by atomic mass is 19.1. The smallest absolute Gasteiger partial charge is 0.224 e. The second kappa shape index (κ2) is 6.72. The zero-order chi connectivity index (χ0) is 15.4. The summed E-state index contributed by atoms with van der Waals surface area (Å²) in [5.41, 5.74) is 2.55. The maximum absolute atomic E-state index is 13.4. The van der Waals surface area contributed by atoms with Crippen LogP contribution in [-0.2, 0) is 11.2 Å². The lowest BCUT2D eigenvalue weighted by molar-refractivity contribution is -0.121. The van der Waals surface area contributed by atoms with E-state index in [0.717, 1.165) is 28.6 Å². The Labute approximate surface area is 123 Å². The van der Waals surface area contributed by atoms with Crippen LogP contribution in [0.4, 0.5) is 4.39 Å². The minimum Gasteiger partial charge on any atom is -0.396 e. The van der Waals surface area contributed by atoms with Crippen molar-refractivity contribution < 1.29 is 14.3 Å². The van der Waals surface area contributed by atoms with Crippen LogP contribution in [0.25, 0.3) is 10.9 Å². The van der Waals surface area contributed by atoms with Crippen molar-refractivity contribution in [2.75, 3.05) is 6.61 Å². The van der Waals surface area contributed by atoms with Crippen LogP contribution in [0, 0.1) is 12.7 Å². The normalized spacial score (nSPS) is 12.6. The van der Waals surface area contributed by atoms with Crippen LogP contribution in [-0.4, -0.2) is 28.6 Å².